The predicted molar refractivity (Wildman–Crippen MR) is 97.2 cm³/mol. The van der Waals surface area contributed by atoms with Gasteiger partial charge in [-0.2, -0.15) is 0 Å². The lowest BCUT2D eigenvalue weighted by atomic mass is 9.81. The largest absolute Gasteiger partial charge is 0.487 e. The summed E-state index contributed by atoms with van der Waals surface area (Å²) in [5.74, 6) is -2.74. The maximum atomic E-state index is 12.9. The summed E-state index contributed by atoms with van der Waals surface area (Å²) in [5, 5.41) is 0. The Morgan fingerprint density at radius 2 is 1.75 bits per heavy atom. The Kier molecular flexibility index (Phi) is 5.97. The van der Waals surface area contributed by atoms with Gasteiger partial charge in [-0.1, -0.05) is 0 Å². The van der Waals surface area contributed by atoms with Crippen molar-refractivity contribution in [3.63, 3.8) is 0 Å². The number of rotatable bonds is 6. The van der Waals surface area contributed by atoms with Crippen molar-refractivity contribution in [1.82, 2.24) is 0 Å². The molecular weight excluding hydrogens is 388 g/mol. The first-order valence-electron chi connectivity index (χ1n) is 8.99. The second kappa shape index (κ2) is 8.10. The van der Waals surface area contributed by atoms with Gasteiger partial charge >= 0.3 is 0 Å². The van der Waals surface area contributed by atoms with Crippen LogP contribution in [0.25, 0.3) is 0 Å². The fourth-order valence-electron chi connectivity index (χ4n) is 3.41. The molecule has 1 saturated heterocycles. The van der Waals surface area contributed by atoms with Crippen LogP contribution in [-0.2, 0) is 28.9 Å². The molecule has 1 heterocycles. The highest BCUT2D eigenvalue weighted by molar-refractivity contribution is 7.90. The van der Waals surface area contributed by atoms with Crippen LogP contribution >= 0.6 is 0 Å². The molecule has 3 rings (SSSR count). The molecule has 0 atom stereocenters. The third-order valence-corrected chi connectivity index (χ3v) is 5.96. The van der Waals surface area contributed by atoms with Crippen LogP contribution < -0.4 is 4.74 Å². The monoisotopic (exact) mass is 410 g/mol. The molecule has 1 aromatic carbocycles. The molecular formula is C19H22O8S. The summed E-state index contributed by atoms with van der Waals surface area (Å²) >= 11 is 0. The van der Waals surface area contributed by atoms with Crippen LogP contribution in [0.3, 0.4) is 0 Å². The van der Waals surface area contributed by atoms with Crippen LogP contribution in [0.15, 0.2) is 17.0 Å². The van der Waals surface area contributed by atoms with Crippen molar-refractivity contribution in [3.05, 3.63) is 23.3 Å². The lowest BCUT2D eigenvalue weighted by Gasteiger charge is -2.21. The molecule has 0 unspecified atom stereocenters. The van der Waals surface area contributed by atoms with Crippen molar-refractivity contribution in [2.75, 3.05) is 26.1 Å². The minimum Gasteiger partial charge on any atom is -0.487 e. The van der Waals surface area contributed by atoms with Crippen LogP contribution in [0.4, 0.5) is 0 Å². The first kappa shape index (κ1) is 20.6. The Hall–Kier alpha value is -2.10. The average Bonchev–Trinajstić information content (AvgIpc) is 3.12. The fourth-order valence-corrected chi connectivity index (χ4v) is 4.28. The molecule has 28 heavy (non-hydrogen) atoms. The summed E-state index contributed by atoms with van der Waals surface area (Å²) in [4.78, 5) is 37.1. The molecule has 1 aromatic rings. The van der Waals surface area contributed by atoms with Gasteiger partial charge in [0.05, 0.1) is 13.2 Å². The van der Waals surface area contributed by atoms with Crippen molar-refractivity contribution in [1.29, 1.82) is 0 Å². The van der Waals surface area contributed by atoms with E-state index in [1.807, 2.05) is 0 Å². The minimum atomic E-state index is -3.64. The molecule has 1 aliphatic heterocycles. The number of hydrogen-bond acceptors (Lipinski definition) is 8. The van der Waals surface area contributed by atoms with E-state index in [2.05, 4.69) is 0 Å². The van der Waals surface area contributed by atoms with Crippen molar-refractivity contribution < 1.29 is 37.0 Å². The minimum absolute atomic E-state index is 0.00292. The highest BCUT2D eigenvalue weighted by Crippen LogP contribution is 2.33. The van der Waals surface area contributed by atoms with E-state index in [9.17, 15) is 22.8 Å². The van der Waals surface area contributed by atoms with E-state index in [4.69, 9.17) is 14.2 Å². The number of Topliss-reactive ketones (excluding diaryl/α,β-unsaturated/α-hetero) is 3. The second-order valence-electron chi connectivity index (χ2n) is 6.90. The number of ether oxygens (including phenoxy) is 3. The summed E-state index contributed by atoms with van der Waals surface area (Å²) in [6, 6.07) is 2.59. The fraction of sp³-hybridized carbons (Fsp3) is 0.526. The Balaban J connectivity index is 1.98. The molecule has 0 aromatic heterocycles. The molecule has 0 bridgehead atoms. The van der Waals surface area contributed by atoms with Crippen LogP contribution in [0.5, 0.6) is 5.75 Å². The van der Waals surface area contributed by atoms with E-state index >= 15 is 0 Å². The maximum Gasteiger partial charge on any atom is 0.191 e. The first-order valence-corrected chi connectivity index (χ1v) is 10.9. The lowest BCUT2D eigenvalue weighted by molar-refractivity contribution is -0.133. The Morgan fingerprint density at radius 3 is 2.32 bits per heavy atom. The predicted octanol–water partition coefficient (Wildman–Crippen LogP) is 1.27. The smallest absolute Gasteiger partial charge is 0.191 e. The third-order valence-electron chi connectivity index (χ3n) is 4.84. The van der Waals surface area contributed by atoms with Gasteiger partial charge in [-0.25, -0.2) is 8.42 Å². The van der Waals surface area contributed by atoms with Crippen molar-refractivity contribution in [3.8, 4) is 5.75 Å². The third kappa shape index (κ3) is 4.16. The van der Waals surface area contributed by atoms with Gasteiger partial charge in [-0.05, 0) is 25.5 Å². The summed E-state index contributed by atoms with van der Waals surface area (Å²) in [7, 11) is -3.64. The highest BCUT2D eigenvalue weighted by atomic mass is 32.2. The van der Waals surface area contributed by atoms with Crippen LogP contribution in [-0.4, -0.2) is 58.1 Å². The number of carbonyl (C=O) groups excluding carboxylic acids is 3. The Morgan fingerprint density at radius 1 is 1.14 bits per heavy atom. The molecule has 9 heteroatoms. The number of hydrogen-bond donors (Lipinski definition) is 0. The topological polar surface area (TPSA) is 113 Å². The summed E-state index contributed by atoms with van der Waals surface area (Å²) in [6.45, 7) is 2.31. The first-order chi connectivity index (χ1) is 13.2. The van der Waals surface area contributed by atoms with Gasteiger partial charge in [0.1, 0.15) is 23.2 Å². The molecule has 152 valence electrons. The van der Waals surface area contributed by atoms with Gasteiger partial charge in [0.2, 0.25) is 0 Å². The summed E-state index contributed by atoms with van der Waals surface area (Å²) in [6.07, 6.45) is 1.22. The van der Waals surface area contributed by atoms with Gasteiger partial charge in [0.25, 0.3) is 0 Å². The van der Waals surface area contributed by atoms with Gasteiger partial charge in [-0.15, -0.1) is 0 Å². The number of ketones is 3. The van der Waals surface area contributed by atoms with E-state index in [1.54, 1.807) is 0 Å². The molecule has 8 nitrogen and oxygen atoms in total. The quantitative estimate of drug-likeness (QED) is 0.509. The molecule has 0 spiro atoms. The molecule has 2 aliphatic rings. The molecule has 2 fully saturated rings. The maximum absolute atomic E-state index is 12.9. The van der Waals surface area contributed by atoms with Crippen LogP contribution in [0, 0.1) is 12.8 Å². The lowest BCUT2D eigenvalue weighted by Crippen LogP contribution is -2.35. The van der Waals surface area contributed by atoms with E-state index in [1.165, 1.54) is 19.1 Å². The highest BCUT2D eigenvalue weighted by Gasteiger charge is 2.38. The molecule has 1 aliphatic carbocycles. The molecule has 1 saturated carbocycles. The Labute approximate surface area is 163 Å². The average molecular weight is 410 g/mol. The number of sulfone groups is 1. The van der Waals surface area contributed by atoms with Crippen molar-refractivity contribution in [2.45, 2.75) is 37.4 Å². The van der Waals surface area contributed by atoms with Crippen molar-refractivity contribution in [2.24, 2.45) is 5.92 Å². The van der Waals surface area contributed by atoms with E-state index in [0.29, 0.717) is 19.6 Å². The molecule has 0 N–H and O–H groups in total. The standard InChI is InChI=1S/C19H22O8S/c1-11-12(18(22)17-13(20)4-3-5-14(17)21)6-7-15(28(2,23)24)19(11)27-10-16-25-8-9-26-16/h6-7,16-17H,3-5,8-10H2,1-2H3. The zero-order chi connectivity index (χ0) is 20.5. The molecule has 0 radical (unpaired) electrons. The van der Waals surface area contributed by atoms with Gasteiger partial charge in [0.15, 0.2) is 33.5 Å². The van der Waals surface area contributed by atoms with Crippen LogP contribution in [0.2, 0.25) is 0 Å². The second-order valence-corrected chi connectivity index (χ2v) is 8.89. The SMILES string of the molecule is Cc1c(C(=O)C2C(=O)CCCC2=O)ccc(S(C)(=O)=O)c1OCC1OCCO1. The van der Waals surface area contributed by atoms with E-state index in [0.717, 1.165) is 6.26 Å². The zero-order valence-electron chi connectivity index (χ0n) is 15.7. The summed E-state index contributed by atoms with van der Waals surface area (Å²) < 4.78 is 40.5. The van der Waals surface area contributed by atoms with Crippen molar-refractivity contribution >= 4 is 27.2 Å². The van der Waals surface area contributed by atoms with Gasteiger partial charge < -0.3 is 14.2 Å². The Bertz CT molecular complexity index is 896. The van der Waals surface area contributed by atoms with Gasteiger partial charge in [0, 0.05) is 30.2 Å². The molecule has 0 amide bonds. The zero-order valence-corrected chi connectivity index (χ0v) is 16.5. The van der Waals surface area contributed by atoms with E-state index < -0.39 is 39.4 Å². The summed E-state index contributed by atoms with van der Waals surface area (Å²) in [5.41, 5.74) is 0.362. The van der Waals surface area contributed by atoms with Crippen LogP contribution in [0.1, 0.15) is 35.2 Å². The van der Waals surface area contributed by atoms with E-state index in [-0.39, 0.29) is 41.2 Å². The van der Waals surface area contributed by atoms with Gasteiger partial charge in [-0.3, -0.25) is 14.4 Å². The number of benzene rings is 1. The normalized spacial score (nSPS) is 19.2. The number of carbonyl (C=O) groups is 3.